The Morgan fingerprint density at radius 2 is 2.31 bits per heavy atom. The molecule has 70 valence electrons. The van der Waals surface area contributed by atoms with Gasteiger partial charge in [-0.15, -0.1) is 0 Å². The Kier molecular flexibility index (Phi) is 2.95. The average Bonchev–Trinajstić information content (AvgIpc) is 2.08. The predicted octanol–water partition coefficient (Wildman–Crippen LogP) is 1.82. The largest absolute Gasteiger partial charge is 0.486 e. The van der Waals surface area contributed by atoms with Crippen molar-refractivity contribution in [3.8, 4) is 5.75 Å². The summed E-state index contributed by atoms with van der Waals surface area (Å²) in [5.74, 6) is -0.682. The van der Waals surface area contributed by atoms with E-state index in [1.54, 1.807) is 13.8 Å². The van der Waals surface area contributed by atoms with E-state index in [1.165, 1.54) is 6.07 Å². The second kappa shape index (κ2) is 3.98. The highest BCUT2D eigenvalue weighted by Crippen LogP contribution is 2.16. The highest BCUT2D eigenvalue weighted by atomic mass is 19.1. The molecular weight excluding hydrogens is 173 g/mol. The maximum atomic E-state index is 12.9. The fourth-order valence-electron chi connectivity index (χ4n) is 0.844. The van der Waals surface area contributed by atoms with Gasteiger partial charge in [0.15, 0.2) is 12.0 Å². The van der Waals surface area contributed by atoms with E-state index in [0.717, 1.165) is 6.20 Å². The van der Waals surface area contributed by atoms with Crippen LogP contribution >= 0.6 is 0 Å². The van der Waals surface area contributed by atoms with Gasteiger partial charge in [-0.2, -0.15) is 4.39 Å². The van der Waals surface area contributed by atoms with E-state index in [-0.39, 0.29) is 11.9 Å². The van der Waals surface area contributed by atoms with Crippen molar-refractivity contribution in [1.29, 1.82) is 0 Å². The van der Waals surface area contributed by atoms with Gasteiger partial charge in [0.05, 0.1) is 6.10 Å². The fourth-order valence-corrected chi connectivity index (χ4v) is 0.844. The fraction of sp³-hybridized carbons (Fsp3) is 0.333. The van der Waals surface area contributed by atoms with Crippen LogP contribution in [0.25, 0.3) is 0 Å². The average molecular weight is 183 g/mol. The summed E-state index contributed by atoms with van der Waals surface area (Å²) in [6, 6.07) is 1.33. The van der Waals surface area contributed by atoms with E-state index >= 15 is 0 Å². The number of carbonyl (C=O) groups is 1. The summed E-state index contributed by atoms with van der Waals surface area (Å²) in [7, 11) is 0. The van der Waals surface area contributed by atoms with Gasteiger partial charge < -0.3 is 4.74 Å². The Bertz CT molecular complexity index is 312. The van der Waals surface area contributed by atoms with Crippen molar-refractivity contribution in [1.82, 2.24) is 4.98 Å². The van der Waals surface area contributed by atoms with Crippen molar-refractivity contribution in [3.63, 3.8) is 0 Å². The van der Waals surface area contributed by atoms with Crippen molar-refractivity contribution in [2.45, 2.75) is 20.0 Å². The van der Waals surface area contributed by atoms with Gasteiger partial charge >= 0.3 is 0 Å². The second-order valence-electron chi connectivity index (χ2n) is 2.84. The number of hydrogen-bond donors (Lipinski definition) is 0. The van der Waals surface area contributed by atoms with E-state index < -0.39 is 5.95 Å². The van der Waals surface area contributed by atoms with E-state index in [2.05, 4.69) is 4.98 Å². The van der Waals surface area contributed by atoms with Gasteiger partial charge in [0.2, 0.25) is 0 Å². The third kappa shape index (κ3) is 2.50. The van der Waals surface area contributed by atoms with Crippen LogP contribution in [0.1, 0.15) is 24.2 Å². The molecule has 1 aromatic rings. The second-order valence-corrected chi connectivity index (χ2v) is 2.84. The van der Waals surface area contributed by atoms with Crippen LogP contribution in [0.3, 0.4) is 0 Å². The minimum atomic E-state index is -0.695. The molecule has 0 fully saturated rings. The van der Waals surface area contributed by atoms with Crippen LogP contribution in [-0.2, 0) is 0 Å². The van der Waals surface area contributed by atoms with Crippen LogP contribution in [0.5, 0.6) is 5.75 Å². The lowest BCUT2D eigenvalue weighted by atomic mass is 10.3. The molecular formula is C9H10FNO2. The number of pyridine rings is 1. The molecule has 0 saturated carbocycles. The van der Waals surface area contributed by atoms with Crippen LogP contribution in [0.15, 0.2) is 12.3 Å². The van der Waals surface area contributed by atoms with Gasteiger partial charge in [0, 0.05) is 11.8 Å². The molecule has 4 heteroatoms. The summed E-state index contributed by atoms with van der Waals surface area (Å²) in [6.07, 6.45) is 1.62. The first-order valence-electron chi connectivity index (χ1n) is 3.91. The zero-order chi connectivity index (χ0) is 9.84. The lowest BCUT2D eigenvalue weighted by molar-refractivity contribution is 0.112. The van der Waals surface area contributed by atoms with Crippen molar-refractivity contribution < 1.29 is 13.9 Å². The quantitative estimate of drug-likeness (QED) is 0.530. The Balaban J connectivity index is 2.96. The number of carbonyl (C=O) groups excluding carboxylic acids is 1. The zero-order valence-corrected chi connectivity index (χ0v) is 7.45. The van der Waals surface area contributed by atoms with Gasteiger partial charge in [-0.3, -0.25) is 4.79 Å². The smallest absolute Gasteiger partial charge is 0.255 e. The molecule has 0 atom stereocenters. The molecule has 0 bridgehead atoms. The normalized spacial score (nSPS) is 10.2. The Morgan fingerprint density at radius 1 is 1.62 bits per heavy atom. The molecule has 0 N–H and O–H groups in total. The Hall–Kier alpha value is -1.45. The first-order chi connectivity index (χ1) is 6.13. The SMILES string of the molecule is CC(C)Oc1cc(C=O)cnc1F. The molecule has 1 aromatic heterocycles. The molecule has 0 spiro atoms. The molecule has 0 radical (unpaired) electrons. The highest BCUT2D eigenvalue weighted by molar-refractivity contribution is 5.74. The number of halogens is 1. The summed E-state index contributed by atoms with van der Waals surface area (Å²) in [5, 5.41) is 0. The van der Waals surface area contributed by atoms with E-state index in [1.807, 2.05) is 0 Å². The van der Waals surface area contributed by atoms with Crippen molar-refractivity contribution in [2.24, 2.45) is 0 Å². The van der Waals surface area contributed by atoms with Crippen LogP contribution in [0.2, 0.25) is 0 Å². The highest BCUT2D eigenvalue weighted by Gasteiger charge is 2.07. The molecule has 0 aliphatic rings. The molecule has 1 heterocycles. The minimum absolute atomic E-state index is 0.0135. The summed E-state index contributed by atoms with van der Waals surface area (Å²) < 4.78 is 18.0. The molecule has 0 aromatic carbocycles. The molecule has 0 unspecified atom stereocenters. The molecule has 1 rings (SSSR count). The first-order valence-corrected chi connectivity index (χ1v) is 3.91. The summed E-state index contributed by atoms with van der Waals surface area (Å²) in [5.41, 5.74) is 0.303. The zero-order valence-electron chi connectivity index (χ0n) is 7.45. The minimum Gasteiger partial charge on any atom is -0.486 e. The third-order valence-electron chi connectivity index (χ3n) is 1.33. The molecule has 0 aliphatic carbocycles. The number of rotatable bonds is 3. The predicted molar refractivity (Wildman–Crippen MR) is 45.3 cm³/mol. The number of aldehydes is 1. The van der Waals surface area contributed by atoms with Crippen molar-refractivity contribution >= 4 is 6.29 Å². The van der Waals surface area contributed by atoms with E-state index in [4.69, 9.17) is 4.74 Å². The first kappa shape index (κ1) is 9.64. The monoisotopic (exact) mass is 183 g/mol. The number of hydrogen-bond acceptors (Lipinski definition) is 3. The van der Waals surface area contributed by atoms with Gasteiger partial charge in [0.1, 0.15) is 0 Å². The van der Waals surface area contributed by atoms with E-state index in [9.17, 15) is 9.18 Å². The third-order valence-corrected chi connectivity index (χ3v) is 1.33. The van der Waals surface area contributed by atoms with Crippen LogP contribution in [0, 0.1) is 5.95 Å². The van der Waals surface area contributed by atoms with Gasteiger partial charge in [-0.1, -0.05) is 0 Å². The maximum Gasteiger partial charge on any atom is 0.255 e. The van der Waals surface area contributed by atoms with Crippen LogP contribution < -0.4 is 4.74 Å². The standard InChI is InChI=1S/C9H10FNO2/c1-6(2)13-8-3-7(5-12)4-11-9(8)10/h3-6H,1-2H3. The number of ether oxygens (including phenoxy) is 1. The molecule has 3 nitrogen and oxygen atoms in total. The Labute approximate surface area is 75.6 Å². The van der Waals surface area contributed by atoms with Crippen LogP contribution in [-0.4, -0.2) is 17.4 Å². The molecule has 0 amide bonds. The topological polar surface area (TPSA) is 39.2 Å². The summed E-state index contributed by atoms with van der Waals surface area (Å²) in [6.45, 7) is 3.54. The maximum absolute atomic E-state index is 12.9. The molecule has 0 aliphatic heterocycles. The van der Waals surface area contributed by atoms with Gasteiger partial charge in [-0.25, -0.2) is 4.98 Å². The van der Waals surface area contributed by atoms with Crippen molar-refractivity contribution in [3.05, 3.63) is 23.8 Å². The van der Waals surface area contributed by atoms with Gasteiger partial charge in [0.25, 0.3) is 5.95 Å². The lowest BCUT2D eigenvalue weighted by Gasteiger charge is -2.09. The van der Waals surface area contributed by atoms with Crippen molar-refractivity contribution in [2.75, 3.05) is 0 Å². The molecule has 0 saturated heterocycles. The van der Waals surface area contributed by atoms with E-state index in [0.29, 0.717) is 11.8 Å². The summed E-state index contributed by atoms with van der Waals surface area (Å²) >= 11 is 0. The number of nitrogens with zero attached hydrogens (tertiary/aromatic N) is 1. The summed E-state index contributed by atoms with van der Waals surface area (Å²) in [4.78, 5) is 13.7. The Morgan fingerprint density at radius 3 is 2.85 bits per heavy atom. The lowest BCUT2D eigenvalue weighted by Crippen LogP contribution is -2.08. The van der Waals surface area contributed by atoms with Gasteiger partial charge in [-0.05, 0) is 19.9 Å². The number of aromatic nitrogens is 1. The van der Waals surface area contributed by atoms with Crippen LogP contribution in [0.4, 0.5) is 4.39 Å². The molecule has 13 heavy (non-hydrogen) atoms.